The van der Waals surface area contributed by atoms with Gasteiger partial charge in [0.05, 0.1) is 0 Å². The molecule has 0 rings (SSSR count). The predicted molar refractivity (Wildman–Crippen MR) is 87.4 cm³/mol. The molecule has 0 aromatic rings. The van der Waals surface area contributed by atoms with E-state index in [0.29, 0.717) is 0 Å². The normalized spacial score (nSPS) is 10.7. The first kappa shape index (κ1) is 22.9. The number of esters is 4. The lowest BCUT2D eigenvalue weighted by Gasteiger charge is -2.31. The second-order valence-corrected chi connectivity index (χ2v) is 5.56. The summed E-state index contributed by atoms with van der Waals surface area (Å²) in [5.41, 5.74) is -1.15. The lowest BCUT2D eigenvalue weighted by atomic mass is 9.92. The van der Waals surface area contributed by atoms with Gasteiger partial charge in [0.25, 0.3) is 0 Å². The minimum atomic E-state index is -1.15. The first-order valence-corrected chi connectivity index (χ1v) is 8.44. The van der Waals surface area contributed by atoms with E-state index in [1.807, 2.05) is 0 Å². The van der Waals surface area contributed by atoms with Gasteiger partial charge in [0.15, 0.2) is 0 Å². The van der Waals surface area contributed by atoms with Gasteiger partial charge < -0.3 is 18.9 Å². The average molecular weight is 360 g/mol. The maximum atomic E-state index is 11.5. The zero-order chi connectivity index (χ0) is 19.3. The Hall–Kier alpha value is -2.12. The highest BCUT2D eigenvalue weighted by Crippen LogP contribution is 2.22. The molecular formula is C17H28O8. The van der Waals surface area contributed by atoms with Crippen LogP contribution in [0.15, 0.2) is 0 Å². The van der Waals surface area contributed by atoms with E-state index in [1.165, 1.54) is 0 Å². The highest BCUT2D eigenvalue weighted by Gasteiger charge is 2.37. The van der Waals surface area contributed by atoms with E-state index in [1.54, 1.807) is 27.7 Å². The van der Waals surface area contributed by atoms with Gasteiger partial charge in [-0.3, -0.25) is 19.2 Å². The molecule has 0 atom stereocenters. The minimum Gasteiger partial charge on any atom is -0.465 e. The maximum Gasteiger partial charge on any atom is 0.305 e. The first-order chi connectivity index (χ1) is 11.8. The summed E-state index contributed by atoms with van der Waals surface area (Å²) in [6.07, 6.45) is 0.644. The van der Waals surface area contributed by atoms with Crippen molar-refractivity contribution in [2.75, 3.05) is 26.4 Å². The van der Waals surface area contributed by atoms with Crippen LogP contribution in [0, 0.1) is 5.41 Å². The molecule has 0 aliphatic rings. The van der Waals surface area contributed by atoms with Crippen LogP contribution in [-0.4, -0.2) is 50.3 Å². The van der Waals surface area contributed by atoms with E-state index in [-0.39, 0.29) is 52.1 Å². The smallest absolute Gasteiger partial charge is 0.305 e. The summed E-state index contributed by atoms with van der Waals surface area (Å²) >= 11 is 0. The van der Waals surface area contributed by atoms with E-state index < -0.39 is 29.3 Å². The molecule has 0 heterocycles. The lowest BCUT2D eigenvalue weighted by Crippen LogP contribution is -2.43. The Labute approximate surface area is 148 Å². The minimum absolute atomic E-state index is 0.161. The van der Waals surface area contributed by atoms with Gasteiger partial charge in [0, 0.05) is 25.7 Å². The van der Waals surface area contributed by atoms with Gasteiger partial charge in [-0.2, -0.15) is 0 Å². The van der Waals surface area contributed by atoms with Gasteiger partial charge in [-0.1, -0.05) is 27.7 Å². The molecule has 0 amide bonds. The van der Waals surface area contributed by atoms with Crippen molar-refractivity contribution in [3.8, 4) is 0 Å². The first-order valence-electron chi connectivity index (χ1n) is 8.44. The molecule has 8 nitrogen and oxygen atoms in total. The Balaban J connectivity index is 5.24. The number of carbonyl (C=O) groups excluding carboxylic acids is 4. The molecule has 0 saturated carbocycles. The number of hydrogen-bond acceptors (Lipinski definition) is 8. The molecule has 0 aromatic heterocycles. The SMILES string of the molecule is CCC(=O)OCC(COC(=O)CC)(COC(=O)CC)COC(=O)CC. The van der Waals surface area contributed by atoms with E-state index in [4.69, 9.17) is 18.9 Å². The van der Waals surface area contributed by atoms with Crippen molar-refractivity contribution in [2.45, 2.75) is 53.4 Å². The highest BCUT2D eigenvalue weighted by atomic mass is 16.6. The van der Waals surface area contributed by atoms with Gasteiger partial charge in [0.1, 0.15) is 31.8 Å². The van der Waals surface area contributed by atoms with Gasteiger partial charge >= 0.3 is 23.9 Å². The lowest BCUT2D eigenvalue weighted by molar-refractivity contribution is -0.170. The van der Waals surface area contributed by atoms with Gasteiger partial charge in [-0.05, 0) is 0 Å². The van der Waals surface area contributed by atoms with E-state index >= 15 is 0 Å². The molecule has 0 bridgehead atoms. The molecule has 0 aliphatic heterocycles. The van der Waals surface area contributed by atoms with Crippen LogP contribution in [0.3, 0.4) is 0 Å². The molecule has 0 fully saturated rings. The molecule has 0 aromatic carbocycles. The molecule has 0 N–H and O–H groups in total. The fourth-order valence-corrected chi connectivity index (χ4v) is 1.59. The van der Waals surface area contributed by atoms with Crippen LogP contribution in [-0.2, 0) is 38.1 Å². The van der Waals surface area contributed by atoms with Crippen LogP contribution >= 0.6 is 0 Å². The van der Waals surface area contributed by atoms with Crippen LogP contribution in [0.5, 0.6) is 0 Å². The highest BCUT2D eigenvalue weighted by molar-refractivity contribution is 5.70. The van der Waals surface area contributed by atoms with Crippen LogP contribution in [0.4, 0.5) is 0 Å². The van der Waals surface area contributed by atoms with E-state index in [9.17, 15) is 19.2 Å². The van der Waals surface area contributed by atoms with E-state index in [2.05, 4.69) is 0 Å². The third-order valence-corrected chi connectivity index (χ3v) is 3.31. The Kier molecular flexibility index (Phi) is 11.2. The van der Waals surface area contributed by atoms with Crippen LogP contribution < -0.4 is 0 Å². The van der Waals surface area contributed by atoms with Crippen molar-refractivity contribution < 1.29 is 38.1 Å². The molecule has 0 radical (unpaired) electrons. The number of ether oxygens (including phenoxy) is 4. The summed E-state index contributed by atoms with van der Waals surface area (Å²) in [4.78, 5) is 46.0. The van der Waals surface area contributed by atoms with Crippen LogP contribution in [0.2, 0.25) is 0 Å². The summed E-state index contributed by atoms with van der Waals surface area (Å²) in [6.45, 7) is 5.72. The number of carbonyl (C=O) groups is 4. The quantitative estimate of drug-likeness (QED) is 0.383. The molecule has 25 heavy (non-hydrogen) atoms. The van der Waals surface area contributed by atoms with E-state index in [0.717, 1.165) is 0 Å². The third-order valence-electron chi connectivity index (χ3n) is 3.31. The monoisotopic (exact) mass is 360 g/mol. The van der Waals surface area contributed by atoms with Crippen molar-refractivity contribution in [2.24, 2.45) is 5.41 Å². The molecule has 0 saturated heterocycles. The van der Waals surface area contributed by atoms with Gasteiger partial charge in [0.2, 0.25) is 0 Å². The van der Waals surface area contributed by atoms with Crippen molar-refractivity contribution in [1.82, 2.24) is 0 Å². The molecule has 0 aliphatic carbocycles. The largest absolute Gasteiger partial charge is 0.465 e. The molecular weight excluding hydrogens is 332 g/mol. The zero-order valence-electron chi connectivity index (χ0n) is 15.4. The summed E-state index contributed by atoms with van der Waals surface area (Å²) in [5.74, 6) is -1.85. The third kappa shape index (κ3) is 9.69. The predicted octanol–water partition coefficient (Wildman–Crippen LogP) is 1.79. The molecule has 0 unspecified atom stereocenters. The topological polar surface area (TPSA) is 105 Å². The Morgan fingerprint density at radius 3 is 0.880 bits per heavy atom. The molecule has 8 heteroatoms. The summed E-state index contributed by atoms with van der Waals surface area (Å²) in [5, 5.41) is 0. The fraction of sp³-hybridized carbons (Fsp3) is 0.765. The number of hydrogen-bond donors (Lipinski definition) is 0. The number of rotatable bonds is 12. The van der Waals surface area contributed by atoms with Gasteiger partial charge in [-0.25, -0.2) is 0 Å². The van der Waals surface area contributed by atoms with Crippen LogP contribution in [0.25, 0.3) is 0 Å². The Bertz CT molecular complexity index is 372. The zero-order valence-corrected chi connectivity index (χ0v) is 15.4. The summed E-state index contributed by atoms with van der Waals surface area (Å²) < 4.78 is 20.6. The summed E-state index contributed by atoms with van der Waals surface area (Å²) in [6, 6.07) is 0. The standard InChI is InChI=1S/C17H28O8/c1-5-13(18)22-9-17(10-23-14(19)6-2,11-24-15(20)7-3)12-25-16(21)8-4/h5-12H2,1-4H3. The average Bonchev–Trinajstić information content (AvgIpc) is 2.65. The Morgan fingerprint density at radius 1 is 0.520 bits per heavy atom. The summed E-state index contributed by atoms with van der Waals surface area (Å²) in [7, 11) is 0. The maximum absolute atomic E-state index is 11.5. The fourth-order valence-electron chi connectivity index (χ4n) is 1.59. The second kappa shape index (κ2) is 12.3. The van der Waals surface area contributed by atoms with Crippen LogP contribution in [0.1, 0.15) is 53.4 Å². The van der Waals surface area contributed by atoms with Crippen molar-refractivity contribution in [1.29, 1.82) is 0 Å². The van der Waals surface area contributed by atoms with Crippen molar-refractivity contribution >= 4 is 23.9 Å². The van der Waals surface area contributed by atoms with Crippen molar-refractivity contribution in [3.63, 3.8) is 0 Å². The molecule has 0 spiro atoms. The Morgan fingerprint density at radius 2 is 0.720 bits per heavy atom. The van der Waals surface area contributed by atoms with Gasteiger partial charge in [-0.15, -0.1) is 0 Å². The molecule has 144 valence electrons. The van der Waals surface area contributed by atoms with Crippen molar-refractivity contribution in [3.05, 3.63) is 0 Å². The second-order valence-electron chi connectivity index (χ2n) is 5.56.